The minimum absolute atomic E-state index is 0. The number of benzene rings is 1. The van der Waals surface area contributed by atoms with Crippen LogP contribution in [-0.2, 0) is 4.74 Å². The van der Waals surface area contributed by atoms with Gasteiger partial charge in [-0.3, -0.25) is 4.99 Å². The summed E-state index contributed by atoms with van der Waals surface area (Å²) in [7, 11) is 3.65. The van der Waals surface area contributed by atoms with E-state index < -0.39 is 0 Å². The summed E-state index contributed by atoms with van der Waals surface area (Å²) >= 11 is 0. The van der Waals surface area contributed by atoms with E-state index in [1.807, 2.05) is 7.05 Å². The number of guanidine groups is 1. The molecule has 32 heavy (non-hydrogen) atoms. The van der Waals surface area contributed by atoms with Crippen LogP contribution in [0.25, 0.3) is 0 Å². The van der Waals surface area contributed by atoms with Gasteiger partial charge in [0, 0.05) is 64.6 Å². The number of aliphatic imine (C=N–C) groups is 1. The third-order valence-electron chi connectivity index (χ3n) is 6.74. The molecule has 0 spiro atoms. The number of likely N-dealkylation sites (tertiary alicyclic amines) is 1. The summed E-state index contributed by atoms with van der Waals surface area (Å²) in [6, 6.07) is 11.5. The van der Waals surface area contributed by atoms with Crippen molar-refractivity contribution in [3.8, 4) is 0 Å². The molecule has 0 radical (unpaired) electrons. The van der Waals surface area contributed by atoms with Gasteiger partial charge in [0.15, 0.2) is 5.96 Å². The Hall–Kier alpha value is -0.900. The third-order valence-corrected chi connectivity index (χ3v) is 6.74. The van der Waals surface area contributed by atoms with Gasteiger partial charge in [0.1, 0.15) is 0 Å². The summed E-state index contributed by atoms with van der Waals surface area (Å²) in [5, 5.41) is 11.2. The van der Waals surface area contributed by atoms with Gasteiger partial charge in [-0.05, 0) is 44.6 Å². The lowest BCUT2D eigenvalue weighted by Gasteiger charge is -2.38. The first-order valence-corrected chi connectivity index (χ1v) is 12.1. The van der Waals surface area contributed by atoms with Crippen molar-refractivity contribution in [2.24, 2.45) is 4.99 Å². The van der Waals surface area contributed by atoms with Crippen molar-refractivity contribution in [1.29, 1.82) is 0 Å². The minimum atomic E-state index is 0. The van der Waals surface area contributed by atoms with Crippen LogP contribution in [0.2, 0.25) is 0 Å². The summed E-state index contributed by atoms with van der Waals surface area (Å²) in [5.74, 6) is 0.915. The summed E-state index contributed by atoms with van der Waals surface area (Å²) in [4.78, 5) is 7.05. The van der Waals surface area contributed by atoms with Crippen molar-refractivity contribution in [2.75, 3.05) is 46.9 Å². The Kier molecular flexibility index (Phi) is 14.4. The summed E-state index contributed by atoms with van der Waals surface area (Å²) in [6.45, 7) is 11.9. The van der Waals surface area contributed by atoms with E-state index in [0.29, 0.717) is 12.1 Å². The molecule has 1 atom stereocenters. The van der Waals surface area contributed by atoms with Crippen LogP contribution in [0.1, 0.15) is 64.5 Å². The fourth-order valence-corrected chi connectivity index (χ4v) is 4.41. The summed E-state index contributed by atoms with van der Waals surface area (Å²) in [5.41, 5.74) is 1.35. The number of halogens is 1. The van der Waals surface area contributed by atoms with Gasteiger partial charge in [-0.1, -0.05) is 44.2 Å². The molecule has 2 rings (SSSR count). The molecular formula is C25H46IN5O. The quantitative estimate of drug-likeness (QED) is 0.155. The zero-order valence-electron chi connectivity index (χ0n) is 20.8. The van der Waals surface area contributed by atoms with Gasteiger partial charge < -0.3 is 25.6 Å². The van der Waals surface area contributed by atoms with E-state index in [0.717, 1.165) is 70.8 Å². The Morgan fingerprint density at radius 2 is 1.84 bits per heavy atom. The zero-order chi connectivity index (χ0) is 22.5. The molecule has 0 aromatic heterocycles. The molecule has 184 valence electrons. The van der Waals surface area contributed by atoms with E-state index in [1.165, 1.54) is 5.56 Å². The monoisotopic (exact) mass is 559 g/mol. The summed E-state index contributed by atoms with van der Waals surface area (Å²) in [6.07, 6.45) is 5.55. The van der Waals surface area contributed by atoms with Crippen LogP contribution < -0.4 is 16.0 Å². The van der Waals surface area contributed by atoms with Gasteiger partial charge in [-0.25, -0.2) is 0 Å². The van der Waals surface area contributed by atoms with Gasteiger partial charge in [-0.2, -0.15) is 0 Å². The van der Waals surface area contributed by atoms with Crippen LogP contribution in [0.15, 0.2) is 35.3 Å². The van der Waals surface area contributed by atoms with Crippen molar-refractivity contribution < 1.29 is 4.74 Å². The topological polar surface area (TPSA) is 60.9 Å². The number of ether oxygens (including phenoxy) is 1. The highest BCUT2D eigenvalue weighted by Gasteiger charge is 2.29. The maximum atomic E-state index is 5.17. The Bertz CT molecular complexity index is 630. The molecule has 1 aromatic rings. The molecule has 7 heteroatoms. The van der Waals surface area contributed by atoms with E-state index >= 15 is 0 Å². The second-order valence-electron chi connectivity index (χ2n) is 8.80. The Morgan fingerprint density at radius 3 is 2.41 bits per heavy atom. The molecule has 1 heterocycles. The molecule has 0 bridgehead atoms. The molecule has 1 fully saturated rings. The number of piperidine rings is 1. The molecular weight excluding hydrogens is 513 g/mol. The predicted octanol–water partition coefficient (Wildman–Crippen LogP) is 4.18. The maximum absolute atomic E-state index is 5.17. The second-order valence-corrected chi connectivity index (χ2v) is 8.80. The van der Waals surface area contributed by atoms with E-state index in [4.69, 9.17) is 4.74 Å². The molecule has 1 aliphatic heterocycles. The minimum Gasteiger partial charge on any atom is -0.385 e. The number of hydrogen-bond donors (Lipinski definition) is 3. The first-order valence-electron chi connectivity index (χ1n) is 12.1. The lowest BCUT2D eigenvalue weighted by Crippen LogP contribution is -2.56. The zero-order valence-corrected chi connectivity index (χ0v) is 23.2. The van der Waals surface area contributed by atoms with Gasteiger partial charge in [0.25, 0.3) is 0 Å². The molecule has 1 aliphatic rings. The van der Waals surface area contributed by atoms with E-state index in [-0.39, 0.29) is 29.5 Å². The van der Waals surface area contributed by atoms with Crippen LogP contribution in [0, 0.1) is 0 Å². The van der Waals surface area contributed by atoms with E-state index in [2.05, 4.69) is 76.9 Å². The van der Waals surface area contributed by atoms with Crippen LogP contribution in [0.3, 0.4) is 0 Å². The first-order chi connectivity index (χ1) is 15.1. The van der Waals surface area contributed by atoms with E-state index in [1.54, 1.807) is 7.11 Å². The number of nitrogens with zero attached hydrogens (tertiary/aromatic N) is 2. The van der Waals surface area contributed by atoms with Crippen molar-refractivity contribution in [1.82, 2.24) is 20.9 Å². The standard InChI is InChI=1S/C25H45N5O.HI/c1-6-25(7-2,29-21(3)22-12-9-8-10-13-22)20-27-24(26-4)28-23-14-17-30(18-15-23)16-11-19-31-5;/h8-10,12-13,21,23,29H,6-7,11,14-20H2,1-5H3,(H2,26,27,28);1H. The highest BCUT2D eigenvalue weighted by molar-refractivity contribution is 14.0. The van der Waals surface area contributed by atoms with Gasteiger partial charge in [-0.15, -0.1) is 24.0 Å². The SMILES string of the molecule is CCC(CC)(CNC(=NC)NC1CCN(CCCOC)CC1)NC(C)c1ccccc1.I. The Labute approximate surface area is 213 Å². The highest BCUT2D eigenvalue weighted by Crippen LogP contribution is 2.21. The third kappa shape index (κ3) is 9.53. The molecule has 1 aromatic carbocycles. The van der Waals surface area contributed by atoms with Gasteiger partial charge >= 0.3 is 0 Å². The number of rotatable bonds is 12. The predicted molar refractivity (Wildman–Crippen MR) is 147 cm³/mol. The number of nitrogens with one attached hydrogen (secondary N) is 3. The molecule has 6 nitrogen and oxygen atoms in total. The molecule has 3 N–H and O–H groups in total. The fourth-order valence-electron chi connectivity index (χ4n) is 4.41. The van der Waals surface area contributed by atoms with Gasteiger partial charge in [0.05, 0.1) is 0 Å². The molecule has 1 unspecified atom stereocenters. The first kappa shape index (κ1) is 29.1. The van der Waals surface area contributed by atoms with Crippen LogP contribution >= 0.6 is 24.0 Å². The van der Waals surface area contributed by atoms with E-state index in [9.17, 15) is 0 Å². The van der Waals surface area contributed by atoms with Crippen LogP contribution in [0.4, 0.5) is 0 Å². The smallest absolute Gasteiger partial charge is 0.191 e. The molecule has 0 saturated carbocycles. The Morgan fingerprint density at radius 1 is 1.19 bits per heavy atom. The molecule has 0 amide bonds. The lowest BCUT2D eigenvalue weighted by atomic mass is 9.90. The lowest BCUT2D eigenvalue weighted by molar-refractivity contribution is 0.155. The fraction of sp³-hybridized carbons (Fsp3) is 0.720. The van der Waals surface area contributed by atoms with Crippen LogP contribution in [0.5, 0.6) is 0 Å². The maximum Gasteiger partial charge on any atom is 0.191 e. The number of hydrogen-bond acceptors (Lipinski definition) is 4. The second kappa shape index (κ2) is 15.9. The normalized spacial score (nSPS) is 17.0. The van der Waals surface area contributed by atoms with Crippen LogP contribution in [-0.4, -0.2) is 69.4 Å². The molecule has 1 saturated heterocycles. The Balaban J connectivity index is 0.00000512. The van der Waals surface area contributed by atoms with Crippen molar-refractivity contribution in [3.63, 3.8) is 0 Å². The van der Waals surface area contributed by atoms with Crippen molar-refractivity contribution >= 4 is 29.9 Å². The van der Waals surface area contributed by atoms with Crippen molar-refractivity contribution in [2.45, 2.75) is 70.5 Å². The average molecular weight is 560 g/mol. The molecule has 0 aliphatic carbocycles. The highest BCUT2D eigenvalue weighted by atomic mass is 127. The largest absolute Gasteiger partial charge is 0.385 e. The average Bonchev–Trinajstić information content (AvgIpc) is 2.82. The summed E-state index contributed by atoms with van der Waals surface area (Å²) < 4.78 is 5.17. The van der Waals surface area contributed by atoms with Gasteiger partial charge in [0.2, 0.25) is 0 Å². The number of methoxy groups -OCH3 is 1. The van der Waals surface area contributed by atoms with Crippen molar-refractivity contribution in [3.05, 3.63) is 35.9 Å².